The lowest BCUT2D eigenvalue weighted by molar-refractivity contribution is -0.125. The van der Waals surface area contributed by atoms with E-state index in [1.54, 1.807) is 0 Å². The van der Waals surface area contributed by atoms with Gasteiger partial charge in [0, 0.05) is 6.42 Å². The van der Waals surface area contributed by atoms with E-state index in [-0.39, 0.29) is 23.7 Å². The number of ether oxygens (including phenoxy) is 1. The number of hydrogen-bond acceptors (Lipinski definition) is 4. The Labute approximate surface area is 156 Å². The normalized spacial score (nSPS) is 27.6. The summed E-state index contributed by atoms with van der Waals surface area (Å²) in [6, 6.07) is 3.55. The fourth-order valence-corrected chi connectivity index (χ4v) is 6.74. The van der Waals surface area contributed by atoms with Crippen LogP contribution in [0.1, 0.15) is 49.8 Å². The van der Waals surface area contributed by atoms with Gasteiger partial charge in [-0.2, -0.15) is 4.31 Å². The van der Waals surface area contributed by atoms with Crippen LogP contribution in [0.2, 0.25) is 0 Å². The predicted octanol–water partition coefficient (Wildman–Crippen LogP) is 3.35. The van der Waals surface area contributed by atoms with Crippen LogP contribution in [0.15, 0.2) is 17.0 Å². The summed E-state index contributed by atoms with van der Waals surface area (Å²) in [4.78, 5) is 12.7. The number of rotatable bonds is 4. The Morgan fingerprint density at radius 3 is 2.27 bits per heavy atom. The minimum absolute atomic E-state index is 0.109. The van der Waals surface area contributed by atoms with Gasteiger partial charge in [-0.3, -0.25) is 4.79 Å². The summed E-state index contributed by atoms with van der Waals surface area (Å²) in [5.41, 5.74) is 2.53. The van der Waals surface area contributed by atoms with Crippen molar-refractivity contribution in [1.29, 1.82) is 0 Å². The molecule has 0 bridgehead atoms. The molecule has 0 aromatic heterocycles. The van der Waals surface area contributed by atoms with Gasteiger partial charge in [-0.05, 0) is 50.7 Å². The fraction of sp³-hybridized carbons (Fsp3) is 0.650. The van der Waals surface area contributed by atoms with Gasteiger partial charge in [-0.15, -0.1) is 0 Å². The van der Waals surface area contributed by atoms with Gasteiger partial charge in [0.1, 0.15) is 12.0 Å². The molecule has 6 heteroatoms. The SMILES string of the molecule is Cc1cc(C)c(S(=O)(=O)N2[C@@H](C(C)C)CO[C@H]2[C@@H]2CCCC2=O)c(C)c1. The molecule has 2 aliphatic rings. The van der Waals surface area contributed by atoms with E-state index in [4.69, 9.17) is 4.74 Å². The first kappa shape index (κ1) is 19.5. The largest absolute Gasteiger partial charge is 0.360 e. The van der Waals surface area contributed by atoms with Gasteiger partial charge >= 0.3 is 0 Å². The number of Topliss-reactive ketones (excluding diaryl/α,β-unsaturated/α-hetero) is 1. The second kappa shape index (κ2) is 7.06. The van der Waals surface area contributed by atoms with Crippen LogP contribution in [0.3, 0.4) is 0 Å². The molecule has 0 spiro atoms. The first-order valence-electron chi connectivity index (χ1n) is 9.40. The first-order valence-corrected chi connectivity index (χ1v) is 10.8. The van der Waals surface area contributed by atoms with Gasteiger partial charge < -0.3 is 4.74 Å². The van der Waals surface area contributed by atoms with Gasteiger partial charge in [-0.1, -0.05) is 31.5 Å². The average Bonchev–Trinajstić information content (AvgIpc) is 3.11. The Kier molecular flexibility index (Phi) is 5.30. The Hall–Kier alpha value is -1.24. The molecule has 1 aliphatic heterocycles. The first-order chi connectivity index (χ1) is 12.1. The molecule has 0 unspecified atom stereocenters. The maximum absolute atomic E-state index is 13.7. The summed E-state index contributed by atoms with van der Waals surface area (Å²) >= 11 is 0. The van der Waals surface area contributed by atoms with Crippen molar-refractivity contribution in [1.82, 2.24) is 4.31 Å². The Morgan fingerprint density at radius 2 is 1.77 bits per heavy atom. The summed E-state index contributed by atoms with van der Waals surface area (Å²) in [7, 11) is -3.76. The third-order valence-corrected chi connectivity index (χ3v) is 7.81. The quantitative estimate of drug-likeness (QED) is 0.805. The lowest BCUT2D eigenvalue weighted by Gasteiger charge is -2.32. The maximum Gasteiger partial charge on any atom is 0.246 e. The molecular weight excluding hydrogens is 350 g/mol. The molecule has 0 amide bonds. The topological polar surface area (TPSA) is 63.7 Å². The summed E-state index contributed by atoms with van der Waals surface area (Å²) in [6.45, 7) is 9.99. The molecule has 1 saturated heterocycles. The van der Waals surface area contributed by atoms with E-state index in [0.717, 1.165) is 23.1 Å². The molecule has 144 valence electrons. The predicted molar refractivity (Wildman–Crippen MR) is 100 cm³/mol. The number of carbonyl (C=O) groups excluding carboxylic acids is 1. The molecular formula is C20H29NO4S. The highest BCUT2D eigenvalue weighted by molar-refractivity contribution is 7.89. The van der Waals surface area contributed by atoms with Crippen molar-refractivity contribution in [3.8, 4) is 0 Å². The number of ketones is 1. The maximum atomic E-state index is 13.7. The number of nitrogens with zero attached hydrogens (tertiary/aromatic N) is 1. The number of sulfonamides is 1. The molecule has 1 saturated carbocycles. The second-order valence-electron chi connectivity index (χ2n) is 8.06. The minimum atomic E-state index is -3.76. The van der Waals surface area contributed by atoms with Crippen molar-refractivity contribution in [2.75, 3.05) is 6.61 Å². The van der Waals surface area contributed by atoms with E-state index in [1.807, 2.05) is 46.8 Å². The van der Waals surface area contributed by atoms with Crippen LogP contribution >= 0.6 is 0 Å². The molecule has 5 nitrogen and oxygen atoms in total. The van der Waals surface area contributed by atoms with Crippen molar-refractivity contribution >= 4 is 15.8 Å². The lowest BCUT2D eigenvalue weighted by Crippen LogP contribution is -2.48. The molecule has 0 N–H and O–H groups in total. The molecule has 1 aliphatic carbocycles. The molecule has 0 radical (unpaired) electrons. The standard InChI is InChI=1S/C20H29NO4S/c1-12(2)17-11-25-20(16-7-6-8-18(16)22)21(17)26(23,24)19-14(4)9-13(3)10-15(19)5/h9-10,12,16-17,20H,6-8,11H2,1-5H3/t16-,17-,20+/m1/s1. The molecule has 1 heterocycles. The summed E-state index contributed by atoms with van der Waals surface area (Å²) < 4.78 is 34.9. The Morgan fingerprint density at radius 1 is 1.15 bits per heavy atom. The van der Waals surface area contributed by atoms with Gasteiger partial charge in [0.15, 0.2) is 0 Å². The Balaban J connectivity index is 2.10. The zero-order chi connectivity index (χ0) is 19.2. The molecule has 3 rings (SSSR count). The zero-order valence-corrected chi connectivity index (χ0v) is 17.1. The summed E-state index contributed by atoms with van der Waals surface area (Å²) in [5, 5.41) is 0. The fourth-order valence-electron chi connectivity index (χ4n) is 4.45. The number of hydrogen-bond donors (Lipinski definition) is 0. The molecule has 26 heavy (non-hydrogen) atoms. The van der Waals surface area contributed by atoms with Crippen molar-refractivity contribution in [3.05, 3.63) is 28.8 Å². The highest BCUT2D eigenvalue weighted by atomic mass is 32.2. The van der Waals surface area contributed by atoms with Crippen LogP contribution in [-0.2, 0) is 19.6 Å². The number of aryl methyl sites for hydroxylation is 3. The zero-order valence-electron chi connectivity index (χ0n) is 16.3. The van der Waals surface area contributed by atoms with Gasteiger partial charge in [0.2, 0.25) is 10.0 Å². The molecule has 2 fully saturated rings. The Bertz CT molecular complexity index is 792. The van der Waals surface area contributed by atoms with Crippen molar-refractivity contribution in [3.63, 3.8) is 0 Å². The summed E-state index contributed by atoms with van der Waals surface area (Å²) in [6.07, 6.45) is 1.36. The van der Waals surface area contributed by atoms with Gasteiger partial charge in [0.25, 0.3) is 0 Å². The van der Waals surface area contributed by atoms with Gasteiger partial charge in [0.05, 0.1) is 23.5 Å². The smallest absolute Gasteiger partial charge is 0.246 e. The molecule has 3 atom stereocenters. The lowest BCUT2D eigenvalue weighted by atomic mass is 10.0. The number of benzene rings is 1. The van der Waals surface area contributed by atoms with E-state index >= 15 is 0 Å². The minimum Gasteiger partial charge on any atom is -0.360 e. The van der Waals surface area contributed by atoms with Crippen molar-refractivity contribution in [2.45, 2.75) is 71.0 Å². The third-order valence-electron chi connectivity index (χ3n) is 5.62. The van der Waals surface area contributed by atoms with Crippen LogP contribution < -0.4 is 0 Å². The molecule has 1 aromatic carbocycles. The second-order valence-corrected chi connectivity index (χ2v) is 9.84. The van der Waals surface area contributed by atoms with E-state index in [9.17, 15) is 13.2 Å². The summed E-state index contributed by atoms with van der Waals surface area (Å²) in [5.74, 6) is -0.117. The van der Waals surface area contributed by atoms with E-state index in [1.165, 1.54) is 4.31 Å². The van der Waals surface area contributed by atoms with Crippen LogP contribution in [-0.4, -0.2) is 37.4 Å². The van der Waals surface area contributed by atoms with Crippen molar-refractivity contribution in [2.24, 2.45) is 11.8 Å². The monoisotopic (exact) mass is 379 g/mol. The van der Waals surface area contributed by atoms with E-state index < -0.39 is 16.3 Å². The van der Waals surface area contributed by atoms with Gasteiger partial charge in [-0.25, -0.2) is 8.42 Å². The van der Waals surface area contributed by atoms with E-state index in [2.05, 4.69) is 0 Å². The highest BCUT2D eigenvalue weighted by Crippen LogP contribution is 2.39. The van der Waals surface area contributed by atoms with Crippen LogP contribution in [0.5, 0.6) is 0 Å². The highest BCUT2D eigenvalue weighted by Gasteiger charge is 2.50. The average molecular weight is 380 g/mol. The number of carbonyl (C=O) groups is 1. The molecule has 1 aromatic rings. The van der Waals surface area contributed by atoms with Crippen LogP contribution in [0.25, 0.3) is 0 Å². The van der Waals surface area contributed by atoms with Crippen molar-refractivity contribution < 1.29 is 17.9 Å². The van der Waals surface area contributed by atoms with E-state index in [0.29, 0.717) is 24.3 Å². The van der Waals surface area contributed by atoms with Crippen LogP contribution in [0, 0.1) is 32.6 Å². The third kappa shape index (κ3) is 3.23. The van der Waals surface area contributed by atoms with Crippen LogP contribution in [0.4, 0.5) is 0 Å².